The van der Waals surface area contributed by atoms with Gasteiger partial charge in [0.25, 0.3) is 11.0 Å². The molecule has 9 heteroatoms. The highest BCUT2D eigenvalue weighted by atomic mass is 32.2. The molecule has 0 saturated heterocycles. The minimum atomic E-state index is -0.349. The molecule has 5 N–H and O–H groups in total. The lowest BCUT2D eigenvalue weighted by Crippen LogP contribution is -2.36. The van der Waals surface area contributed by atoms with Gasteiger partial charge in [0, 0.05) is 55.3 Å². The number of aryl methyl sites for hydroxylation is 1. The van der Waals surface area contributed by atoms with E-state index in [0.717, 1.165) is 55.1 Å². The van der Waals surface area contributed by atoms with Crippen LogP contribution in [0.15, 0.2) is 48.7 Å². The fraction of sp³-hybridized carbons (Fsp3) is 0.385. The Balaban J connectivity index is 1.19. The number of hydrogen-bond acceptors (Lipinski definition) is 7. The Kier molecular flexibility index (Phi) is 8.54. The molecule has 2 aromatic carbocycles. The van der Waals surface area contributed by atoms with Gasteiger partial charge in [-0.05, 0) is 66.6 Å². The molecule has 1 aliphatic carbocycles. The van der Waals surface area contributed by atoms with Crippen molar-refractivity contribution >= 4 is 39.6 Å². The van der Waals surface area contributed by atoms with Gasteiger partial charge in [-0.3, -0.25) is 14.9 Å². The molecule has 4 rings (SSSR count). The molecule has 1 aliphatic rings. The summed E-state index contributed by atoms with van der Waals surface area (Å²) in [5.74, 6) is 1.37. The number of benzene rings is 2. The van der Waals surface area contributed by atoms with Crippen molar-refractivity contribution in [2.45, 2.75) is 57.7 Å². The van der Waals surface area contributed by atoms with Gasteiger partial charge < -0.3 is 15.7 Å². The predicted molar refractivity (Wildman–Crippen MR) is 141 cm³/mol. The highest BCUT2D eigenvalue weighted by molar-refractivity contribution is 8.13. The highest BCUT2D eigenvalue weighted by Gasteiger charge is 2.21. The molecular formula is C26H32N5O3S+. The average molecular weight is 495 g/mol. The Morgan fingerprint density at radius 2 is 1.77 bits per heavy atom. The summed E-state index contributed by atoms with van der Waals surface area (Å²) in [6.07, 6.45) is 6.66. The molecule has 0 spiro atoms. The molecule has 0 bridgehead atoms. The number of fused-ring (bicyclic) bond motifs is 1. The van der Waals surface area contributed by atoms with Crippen LogP contribution in [-0.4, -0.2) is 44.1 Å². The third kappa shape index (κ3) is 7.66. The number of amides is 2. The van der Waals surface area contributed by atoms with E-state index in [2.05, 4.69) is 44.1 Å². The predicted octanol–water partition coefficient (Wildman–Crippen LogP) is 4.11. The highest BCUT2D eigenvalue weighted by Crippen LogP contribution is 2.23. The number of carbonyl (C=O) groups excluding carboxylic acids is 2. The summed E-state index contributed by atoms with van der Waals surface area (Å²) in [7, 11) is 0. The van der Waals surface area contributed by atoms with Gasteiger partial charge in [0.05, 0.1) is 0 Å². The SMILES string of the molecule is CC(=O)NC(=O)SCCc1ccnc(NC2CCC(NCc3ccc4cc([OH2+])ccc4c3)CC2)n1. The Morgan fingerprint density at radius 1 is 1.03 bits per heavy atom. The van der Waals surface area contributed by atoms with Gasteiger partial charge in [-0.1, -0.05) is 23.9 Å². The van der Waals surface area contributed by atoms with E-state index in [4.69, 9.17) is 5.11 Å². The fourth-order valence-electron chi connectivity index (χ4n) is 4.32. The topological polar surface area (TPSA) is 119 Å². The van der Waals surface area contributed by atoms with Crippen LogP contribution in [0.5, 0.6) is 5.75 Å². The Labute approximate surface area is 209 Å². The van der Waals surface area contributed by atoms with E-state index in [1.54, 1.807) is 6.20 Å². The second kappa shape index (κ2) is 12.0. The first-order chi connectivity index (χ1) is 16.9. The van der Waals surface area contributed by atoms with Crippen molar-refractivity contribution in [3.8, 4) is 5.75 Å². The normalized spacial score (nSPS) is 17.7. The molecule has 184 valence electrons. The zero-order valence-electron chi connectivity index (χ0n) is 19.8. The molecule has 1 heterocycles. The maximum absolute atomic E-state index is 11.6. The van der Waals surface area contributed by atoms with Crippen molar-refractivity contribution in [3.05, 3.63) is 59.9 Å². The van der Waals surface area contributed by atoms with Gasteiger partial charge >= 0.3 is 0 Å². The minimum absolute atomic E-state index is 0.335. The van der Waals surface area contributed by atoms with Crippen molar-refractivity contribution in [1.82, 2.24) is 20.6 Å². The summed E-state index contributed by atoms with van der Waals surface area (Å²) in [5, 5.41) is 19.1. The minimum Gasteiger partial charge on any atom is -0.593 e. The Hall–Kier alpha value is -3.17. The standard InChI is InChI=1S/C26H31N5O3S/c1-17(32)29-26(34)35-13-11-23-10-12-27-25(31-23)30-22-7-5-21(6-8-22)28-16-18-2-3-20-15-24(33)9-4-19(20)14-18/h2-4,9-10,12,14-15,21-22,28,33H,5-8,11,13,16H2,1H3,(H,27,30,31)(H,29,32,34)/p+1. The number of nitrogens with one attached hydrogen (secondary N) is 3. The quantitative estimate of drug-likeness (QED) is 0.403. The third-order valence-corrected chi connectivity index (χ3v) is 6.92. The number of aromatic nitrogens is 2. The summed E-state index contributed by atoms with van der Waals surface area (Å²) in [6, 6.07) is 14.9. The number of carbonyl (C=O) groups is 2. The van der Waals surface area contributed by atoms with E-state index in [1.165, 1.54) is 17.9 Å². The van der Waals surface area contributed by atoms with E-state index in [0.29, 0.717) is 36.0 Å². The van der Waals surface area contributed by atoms with Gasteiger partial charge in [-0.2, -0.15) is 0 Å². The number of imide groups is 1. The van der Waals surface area contributed by atoms with Crippen molar-refractivity contribution in [3.63, 3.8) is 0 Å². The lowest BCUT2D eigenvalue weighted by molar-refractivity contribution is -0.117. The Bertz CT molecular complexity index is 1180. The number of rotatable bonds is 8. The summed E-state index contributed by atoms with van der Waals surface area (Å²) < 4.78 is 0. The van der Waals surface area contributed by atoms with E-state index in [9.17, 15) is 9.59 Å². The average Bonchev–Trinajstić information content (AvgIpc) is 2.83. The molecule has 0 unspecified atom stereocenters. The maximum Gasteiger partial charge on any atom is 0.285 e. The summed E-state index contributed by atoms with van der Waals surface area (Å²) in [5.41, 5.74) is 2.13. The van der Waals surface area contributed by atoms with Crippen LogP contribution in [0, 0.1) is 0 Å². The van der Waals surface area contributed by atoms with Gasteiger partial charge in [0.15, 0.2) is 0 Å². The summed E-state index contributed by atoms with van der Waals surface area (Å²) >= 11 is 1.08. The molecule has 35 heavy (non-hydrogen) atoms. The second-order valence-corrected chi connectivity index (χ2v) is 9.98. The fourth-order valence-corrected chi connectivity index (χ4v) is 5.04. The van der Waals surface area contributed by atoms with Crippen LogP contribution in [0.25, 0.3) is 10.8 Å². The number of anilines is 1. The van der Waals surface area contributed by atoms with Crippen LogP contribution in [0.1, 0.15) is 43.9 Å². The number of thioether (sulfide) groups is 1. The maximum atomic E-state index is 11.6. The van der Waals surface area contributed by atoms with Crippen LogP contribution in [0.2, 0.25) is 0 Å². The van der Waals surface area contributed by atoms with Crippen LogP contribution < -0.4 is 16.0 Å². The molecule has 1 fully saturated rings. The molecule has 0 atom stereocenters. The Morgan fingerprint density at radius 3 is 2.57 bits per heavy atom. The van der Waals surface area contributed by atoms with Crippen molar-refractivity contribution in [1.29, 1.82) is 0 Å². The summed E-state index contributed by atoms with van der Waals surface area (Å²) in [4.78, 5) is 31.4. The number of hydrogen-bond donors (Lipinski definition) is 3. The first-order valence-corrected chi connectivity index (χ1v) is 12.9. The molecule has 0 radical (unpaired) electrons. The van der Waals surface area contributed by atoms with Crippen molar-refractivity contribution in [2.75, 3.05) is 11.1 Å². The van der Waals surface area contributed by atoms with Crippen molar-refractivity contribution in [2.24, 2.45) is 0 Å². The number of nitrogens with zero attached hydrogens (tertiary/aromatic N) is 2. The van der Waals surface area contributed by atoms with Crippen molar-refractivity contribution < 1.29 is 14.7 Å². The lowest BCUT2D eigenvalue weighted by Gasteiger charge is -2.30. The zero-order chi connectivity index (χ0) is 24.6. The van der Waals surface area contributed by atoms with E-state index in [1.807, 2.05) is 24.3 Å². The van der Waals surface area contributed by atoms with Gasteiger partial charge in [-0.15, -0.1) is 0 Å². The molecule has 2 amide bonds. The van der Waals surface area contributed by atoms with Crippen LogP contribution >= 0.6 is 11.8 Å². The molecule has 3 aromatic rings. The van der Waals surface area contributed by atoms with E-state index < -0.39 is 0 Å². The molecule has 1 saturated carbocycles. The second-order valence-electron chi connectivity index (χ2n) is 8.91. The largest absolute Gasteiger partial charge is 0.593 e. The smallest absolute Gasteiger partial charge is 0.285 e. The van der Waals surface area contributed by atoms with E-state index in [-0.39, 0.29) is 11.1 Å². The van der Waals surface area contributed by atoms with E-state index >= 15 is 0 Å². The first kappa shape index (κ1) is 24.9. The zero-order valence-corrected chi connectivity index (χ0v) is 20.7. The molecule has 0 aliphatic heterocycles. The molecule has 1 aromatic heterocycles. The third-order valence-electron chi connectivity index (χ3n) is 6.14. The van der Waals surface area contributed by atoms with Gasteiger partial charge in [0.1, 0.15) is 0 Å². The van der Waals surface area contributed by atoms with Crippen LogP contribution in [0.4, 0.5) is 10.7 Å². The lowest BCUT2D eigenvalue weighted by atomic mass is 9.91. The van der Waals surface area contributed by atoms with Crippen LogP contribution in [-0.2, 0) is 17.8 Å². The summed E-state index contributed by atoms with van der Waals surface area (Å²) in [6.45, 7) is 2.17. The van der Waals surface area contributed by atoms with Gasteiger partial charge in [0.2, 0.25) is 11.9 Å². The van der Waals surface area contributed by atoms with Crippen LogP contribution in [0.3, 0.4) is 0 Å². The van der Waals surface area contributed by atoms with Gasteiger partial charge in [-0.25, -0.2) is 9.97 Å². The molecule has 8 nitrogen and oxygen atoms in total. The molecular weight excluding hydrogens is 462 g/mol. The first-order valence-electron chi connectivity index (χ1n) is 11.9. The monoisotopic (exact) mass is 494 g/mol.